The summed E-state index contributed by atoms with van der Waals surface area (Å²) in [5.41, 5.74) is 1.28. The number of hydrogen-bond acceptors (Lipinski definition) is 4. The van der Waals surface area contributed by atoms with Crippen LogP contribution in [0.25, 0.3) is 0 Å². The lowest BCUT2D eigenvalue weighted by molar-refractivity contribution is 0.569. The fourth-order valence-corrected chi connectivity index (χ4v) is 3.83. The molecule has 0 spiro atoms. The molecule has 1 aromatic heterocycles. The van der Waals surface area contributed by atoms with E-state index in [9.17, 15) is 0 Å². The quantitative estimate of drug-likeness (QED) is 0.888. The Morgan fingerprint density at radius 2 is 2.28 bits per heavy atom. The fourth-order valence-electron chi connectivity index (χ4n) is 2.56. The topological polar surface area (TPSA) is 28.2 Å². The molecule has 3 nitrogen and oxygen atoms in total. The summed E-state index contributed by atoms with van der Waals surface area (Å²) in [6.07, 6.45) is 2.62. The normalized spacial score (nSPS) is 20.1. The zero-order valence-corrected chi connectivity index (χ0v) is 12.8. The van der Waals surface area contributed by atoms with Crippen LogP contribution in [-0.2, 0) is 6.54 Å². The number of anilines is 1. The van der Waals surface area contributed by atoms with Gasteiger partial charge in [-0.2, -0.15) is 0 Å². The van der Waals surface area contributed by atoms with Crippen molar-refractivity contribution in [2.45, 2.75) is 46.1 Å². The van der Waals surface area contributed by atoms with Crippen LogP contribution in [-0.4, -0.2) is 25.1 Å². The predicted octanol–water partition coefficient (Wildman–Crippen LogP) is 3.22. The first kappa shape index (κ1) is 13.8. The zero-order chi connectivity index (χ0) is 13.1. The van der Waals surface area contributed by atoms with Crippen LogP contribution in [0.3, 0.4) is 0 Å². The van der Waals surface area contributed by atoms with E-state index in [1.54, 1.807) is 0 Å². The third-order valence-electron chi connectivity index (χ3n) is 3.73. The molecule has 1 fully saturated rings. The number of thiazole rings is 1. The lowest BCUT2D eigenvalue weighted by Crippen LogP contribution is -2.19. The van der Waals surface area contributed by atoms with Gasteiger partial charge in [0.1, 0.15) is 0 Å². The van der Waals surface area contributed by atoms with E-state index in [4.69, 9.17) is 4.98 Å². The van der Waals surface area contributed by atoms with Crippen LogP contribution >= 0.6 is 11.3 Å². The standard InChI is InChI=1S/C14H25N3S/c1-5-11-6-7-17(9-11)14-16-13(10(2)3)12(18-14)8-15-4/h10-11,15H,5-9H2,1-4H3. The molecule has 18 heavy (non-hydrogen) atoms. The first-order valence-electron chi connectivity index (χ1n) is 7.04. The Labute approximate surface area is 115 Å². The van der Waals surface area contributed by atoms with Crippen LogP contribution in [0, 0.1) is 5.92 Å². The molecule has 1 aromatic rings. The molecule has 0 aliphatic carbocycles. The van der Waals surface area contributed by atoms with Gasteiger partial charge >= 0.3 is 0 Å². The molecule has 1 atom stereocenters. The Kier molecular flexibility index (Phi) is 4.62. The molecule has 1 N–H and O–H groups in total. The summed E-state index contributed by atoms with van der Waals surface area (Å²) < 4.78 is 0. The highest BCUT2D eigenvalue weighted by atomic mass is 32.1. The molecule has 1 saturated heterocycles. The number of rotatable bonds is 5. The third-order valence-corrected chi connectivity index (χ3v) is 4.87. The van der Waals surface area contributed by atoms with Gasteiger partial charge in [-0.1, -0.05) is 27.2 Å². The van der Waals surface area contributed by atoms with E-state index in [1.807, 2.05) is 18.4 Å². The molecule has 102 valence electrons. The number of hydrogen-bond donors (Lipinski definition) is 1. The molecule has 0 aromatic carbocycles. The van der Waals surface area contributed by atoms with Crippen molar-refractivity contribution in [3.63, 3.8) is 0 Å². The Balaban J connectivity index is 2.16. The molecule has 0 radical (unpaired) electrons. The highest BCUT2D eigenvalue weighted by Crippen LogP contribution is 2.33. The van der Waals surface area contributed by atoms with Gasteiger partial charge in [-0.05, 0) is 25.3 Å². The molecule has 2 heterocycles. The fraction of sp³-hybridized carbons (Fsp3) is 0.786. The highest BCUT2D eigenvalue weighted by Gasteiger charge is 2.25. The summed E-state index contributed by atoms with van der Waals surface area (Å²) in [4.78, 5) is 8.76. The molecule has 0 amide bonds. The Morgan fingerprint density at radius 3 is 2.83 bits per heavy atom. The molecule has 1 unspecified atom stereocenters. The molecule has 1 aliphatic rings. The van der Waals surface area contributed by atoms with Crippen LogP contribution in [0.15, 0.2) is 0 Å². The Morgan fingerprint density at radius 1 is 1.50 bits per heavy atom. The van der Waals surface area contributed by atoms with Crippen LogP contribution in [0.2, 0.25) is 0 Å². The maximum atomic E-state index is 4.88. The van der Waals surface area contributed by atoms with Crippen molar-refractivity contribution in [1.29, 1.82) is 0 Å². The van der Waals surface area contributed by atoms with E-state index >= 15 is 0 Å². The molecular weight excluding hydrogens is 242 g/mol. The zero-order valence-electron chi connectivity index (χ0n) is 12.0. The van der Waals surface area contributed by atoms with Gasteiger partial charge in [0, 0.05) is 24.5 Å². The summed E-state index contributed by atoms with van der Waals surface area (Å²) in [5.74, 6) is 1.38. The largest absolute Gasteiger partial charge is 0.348 e. The van der Waals surface area contributed by atoms with Crippen molar-refractivity contribution < 1.29 is 0 Å². The summed E-state index contributed by atoms with van der Waals surface area (Å²) in [6, 6.07) is 0. The maximum Gasteiger partial charge on any atom is 0.185 e. The summed E-state index contributed by atoms with van der Waals surface area (Å²) in [6.45, 7) is 10.1. The molecule has 0 bridgehead atoms. The molecule has 0 saturated carbocycles. The van der Waals surface area contributed by atoms with E-state index < -0.39 is 0 Å². The predicted molar refractivity (Wildman–Crippen MR) is 79.6 cm³/mol. The van der Waals surface area contributed by atoms with E-state index in [0.717, 1.165) is 12.5 Å². The SMILES string of the molecule is CCC1CCN(c2nc(C(C)C)c(CNC)s2)C1. The van der Waals surface area contributed by atoms with Crippen LogP contribution in [0.4, 0.5) is 5.13 Å². The lowest BCUT2D eigenvalue weighted by atomic mass is 10.1. The van der Waals surface area contributed by atoms with Crippen LogP contribution in [0.5, 0.6) is 0 Å². The maximum absolute atomic E-state index is 4.88. The number of nitrogens with zero attached hydrogens (tertiary/aromatic N) is 2. The minimum Gasteiger partial charge on any atom is -0.348 e. The second-order valence-electron chi connectivity index (χ2n) is 5.50. The van der Waals surface area contributed by atoms with Crippen molar-refractivity contribution in [3.05, 3.63) is 10.6 Å². The monoisotopic (exact) mass is 267 g/mol. The Hall–Kier alpha value is -0.610. The lowest BCUT2D eigenvalue weighted by Gasteiger charge is -2.14. The third kappa shape index (κ3) is 2.86. The first-order chi connectivity index (χ1) is 8.65. The van der Waals surface area contributed by atoms with E-state index in [0.29, 0.717) is 5.92 Å². The molecule has 2 rings (SSSR count). The second-order valence-corrected chi connectivity index (χ2v) is 6.56. The second kappa shape index (κ2) is 6.02. The van der Waals surface area contributed by atoms with Crippen molar-refractivity contribution in [1.82, 2.24) is 10.3 Å². The van der Waals surface area contributed by atoms with Gasteiger partial charge in [-0.15, -0.1) is 11.3 Å². The molecule has 1 aliphatic heterocycles. The van der Waals surface area contributed by atoms with Crippen LogP contribution < -0.4 is 10.2 Å². The van der Waals surface area contributed by atoms with Gasteiger partial charge < -0.3 is 10.2 Å². The number of aromatic nitrogens is 1. The summed E-state index contributed by atoms with van der Waals surface area (Å²) in [7, 11) is 2.01. The summed E-state index contributed by atoms with van der Waals surface area (Å²) in [5, 5.41) is 4.49. The number of nitrogens with one attached hydrogen (secondary N) is 1. The minimum absolute atomic E-state index is 0.517. The van der Waals surface area contributed by atoms with Crippen molar-refractivity contribution in [2.24, 2.45) is 5.92 Å². The minimum atomic E-state index is 0.517. The van der Waals surface area contributed by atoms with E-state index in [2.05, 4.69) is 31.0 Å². The van der Waals surface area contributed by atoms with Crippen molar-refractivity contribution in [3.8, 4) is 0 Å². The van der Waals surface area contributed by atoms with Gasteiger partial charge in [0.05, 0.1) is 5.69 Å². The van der Waals surface area contributed by atoms with Crippen molar-refractivity contribution in [2.75, 3.05) is 25.0 Å². The average Bonchev–Trinajstić information content (AvgIpc) is 2.94. The van der Waals surface area contributed by atoms with Gasteiger partial charge in [-0.25, -0.2) is 4.98 Å². The smallest absolute Gasteiger partial charge is 0.185 e. The Bertz CT molecular complexity index is 386. The van der Waals surface area contributed by atoms with Gasteiger partial charge in [0.25, 0.3) is 0 Å². The van der Waals surface area contributed by atoms with Crippen LogP contribution in [0.1, 0.15) is 50.1 Å². The average molecular weight is 267 g/mol. The van der Waals surface area contributed by atoms with E-state index in [-0.39, 0.29) is 0 Å². The van der Waals surface area contributed by atoms with Gasteiger partial charge in [-0.3, -0.25) is 0 Å². The van der Waals surface area contributed by atoms with Gasteiger partial charge in [0.15, 0.2) is 5.13 Å². The summed E-state index contributed by atoms with van der Waals surface area (Å²) >= 11 is 1.87. The molecule has 4 heteroatoms. The molecular formula is C14H25N3S. The highest BCUT2D eigenvalue weighted by molar-refractivity contribution is 7.15. The van der Waals surface area contributed by atoms with Gasteiger partial charge in [0.2, 0.25) is 0 Å². The van der Waals surface area contributed by atoms with E-state index in [1.165, 1.54) is 41.6 Å². The first-order valence-corrected chi connectivity index (χ1v) is 7.86. The van der Waals surface area contributed by atoms with Crippen molar-refractivity contribution >= 4 is 16.5 Å².